The average molecular weight is 177 g/mol. The van der Waals surface area contributed by atoms with Gasteiger partial charge in [0, 0.05) is 25.6 Å². The summed E-state index contributed by atoms with van der Waals surface area (Å²) in [5.74, 6) is 3.24. The van der Waals surface area contributed by atoms with Crippen molar-refractivity contribution in [1.29, 1.82) is 5.26 Å². The number of nitrogens with one attached hydrogen (secondary N) is 1. The number of hydrogen-bond acceptors (Lipinski definition) is 3. The van der Waals surface area contributed by atoms with Crippen molar-refractivity contribution in [2.75, 3.05) is 32.7 Å². The standard InChI is InChI=1S/C9H16BN3/c11-8-10-1-3-13(4-2-10)7-9-5-12-6-9/h9,12H,1-7H2. The third-order valence-electron chi connectivity index (χ3n) is 3.15. The molecule has 0 aromatic carbocycles. The van der Waals surface area contributed by atoms with Crippen molar-refractivity contribution >= 4 is 6.71 Å². The van der Waals surface area contributed by atoms with Crippen LogP contribution in [0.15, 0.2) is 0 Å². The molecule has 2 rings (SSSR count). The molecule has 13 heavy (non-hydrogen) atoms. The van der Waals surface area contributed by atoms with E-state index < -0.39 is 0 Å². The summed E-state index contributed by atoms with van der Waals surface area (Å²) in [5.41, 5.74) is 0. The van der Waals surface area contributed by atoms with E-state index in [4.69, 9.17) is 5.26 Å². The normalized spacial score (nSPS) is 25.3. The Morgan fingerprint density at radius 1 is 1.38 bits per heavy atom. The first-order valence-corrected chi connectivity index (χ1v) is 5.21. The third kappa shape index (κ3) is 2.23. The molecule has 2 heterocycles. The number of nitrogens with zero attached hydrogens (tertiary/aromatic N) is 2. The molecule has 2 fully saturated rings. The van der Waals surface area contributed by atoms with E-state index in [1.807, 2.05) is 0 Å². The Morgan fingerprint density at radius 3 is 2.54 bits per heavy atom. The van der Waals surface area contributed by atoms with Crippen molar-refractivity contribution in [3.63, 3.8) is 0 Å². The van der Waals surface area contributed by atoms with Gasteiger partial charge in [0.25, 0.3) is 6.71 Å². The highest BCUT2D eigenvalue weighted by Gasteiger charge is 2.25. The SMILES string of the molecule is N#CB1CCN(CC2CNC2)CC1. The zero-order chi connectivity index (χ0) is 9.10. The van der Waals surface area contributed by atoms with Gasteiger partial charge in [0.1, 0.15) is 0 Å². The monoisotopic (exact) mass is 177 g/mol. The second-order valence-corrected chi connectivity index (χ2v) is 4.23. The van der Waals surface area contributed by atoms with Gasteiger partial charge >= 0.3 is 0 Å². The first-order valence-electron chi connectivity index (χ1n) is 5.21. The van der Waals surface area contributed by atoms with E-state index in [-0.39, 0.29) is 0 Å². The Hall–Kier alpha value is -0.525. The zero-order valence-corrected chi connectivity index (χ0v) is 8.00. The minimum Gasteiger partial charge on any atom is -0.316 e. The predicted molar refractivity (Wildman–Crippen MR) is 53.8 cm³/mol. The highest BCUT2D eigenvalue weighted by atomic mass is 15.1. The molecule has 1 N–H and O–H groups in total. The summed E-state index contributed by atoms with van der Waals surface area (Å²) in [5, 5.41) is 12.0. The molecule has 2 aliphatic heterocycles. The van der Waals surface area contributed by atoms with Crippen molar-refractivity contribution in [3.8, 4) is 5.97 Å². The molecule has 0 atom stereocenters. The second-order valence-electron chi connectivity index (χ2n) is 4.23. The molecule has 0 bridgehead atoms. The lowest BCUT2D eigenvalue weighted by atomic mass is 9.45. The first kappa shape index (κ1) is 9.05. The molecule has 0 aliphatic carbocycles. The molecule has 2 aliphatic rings. The van der Waals surface area contributed by atoms with Crippen LogP contribution in [0.4, 0.5) is 0 Å². The lowest BCUT2D eigenvalue weighted by molar-refractivity contribution is 0.202. The van der Waals surface area contributed by atoms with Crippen LogP contribution in [0.2, 0.25) is 12.6 Å². The Labute approximate surface area is 80.2 Å². The van der Waals surface area contributed by atoms with Crippen LogP contribution in [0, 0.1) is 17.1 Å². The topological polar surface area (TPSA) is 39.1 Å². The summed E-state index contributed by atoms with van der Waals surface area (Å²) < 4.78 is 0. The molecular weight excluding hydrogens is 161 g/mol. The molecule has 4 heteroatoms. The van der Waals surface area contributed by atoms with Crippen molar-refractivity contribution < 1.29 is 0 Å². The van der Waals surface area contributed by atoms with E-state index in [0.29, 0.717) is 6.71 Å². The minimum atomic E-state index is 0.329. The Bertz CT molecular complexity index is 201. The van der Waals surface area contributed by atoms with Gasteiger partial charge in [-0.05, 0) is 31.6 Å². The third-order valence-corrected chi connectivity index (χ3v) is 3.15. The highest BCUT2D eigenvalue weighted by molar-refractivity contribution is 6.67. The molecule has 0 amide bonds. The van der Waals surface area contributed by atoms with Crippen LogP contribution >= 0.6 is 0 Å². The van der Waals surface area contributed by atoms with Crippen molar-refractivity contribution in [1.82, 2.24) is 10.2 Å². The summed E-state index contributed by atoms with van der Waals surface area (Å²) in [4.78, 5) is 2.51. The maximum Gasteiger partial charge on any atom is 0.270 e. The van der Waals surface area contributed by atoms with Crippen LogP contribution in [-0.2, 0) is 0 Å². The van der Waals surface area contributed by atoms with E-state index in [0.717, 1.165) is 31.6 Å². The Morgan fingerprint density at radius 2 is 2.08 bits per heavy atom. The quantitative estimate of drug-likeness (QED) is 0.607. The van der Waals surface area contributed by atoms with Gasteiger partial charge in [-0.2, -0.15) is 0 Å². The molecule has 0 saturated carbocycles. The molecule has 0 aromatic heterocycles. The van der Waals surface area contributed by atoms with Gasteiger partial charge in [0.2, 0.25) is 0 Å². The van der Waals surface area contributed by atoms with Gasteiger partial charge < -0.3 is 10.2 Å². The van der Waals surface area contributed by atoms with E-state index in [1.165, 1.54) is 19.6 Å². The summed E-state index contributed by atoms with van der Waals surface area (Å²) in [6.45, 7) is 6.22. The van der Waals surface area contributed by atoms with E-state index >= 15 is 0 Å². The fraction of sp³-hybridized carbons (Fsp3) is 0.889. The van der Waals surface area contributed by atoms with Gasteiger partial charge in [-0.15, -0.1) is 0 Å². The number of nitriles is 1. The van der Waals surface area contributed by atoms with Gasteiger partial charge in [0.15, 0.2) is 0 Å². The predicted octanol–water partition coefficient (Wildman–Crippen LogP) is 0.0790. The lowest BCUT2D eigenvalue weighted by Crippen LogP contribution is -2.50. The molecule has 70 valence electrons. The molecule has 0 unspecified atom stereocenters. The first-order chi connectivity index (χ1) is 6.38. The molecule has 0 spiro atoms. The summed E-state index contributed by atoms with van der Waals surface area (Å²) in [6.07, 6.45) is 2.16. The largest absolute Gasteiger partial charge is 0.316 e. The smallest absolute Gasteiger partial charge is 0.270 e. The average Bonchev–Trinajstić information content (AvgIpc) is 2.12. The molecule has 0 aromatic rings. The molecule has 3 nitrogen and oxygen atoms in total. The van der Waals surface area contributed by atoms with E-state index in [1.54, 1.807) is 0 Å². The zero-order valence-electron chi connectivity index (χ0n) is 8.00. The van der Waals surface area contributed by atoms with Gasteiger partial charge in [-0.3, -0.25) is 0 Å². The maximum absolute atomic E-state index is 8.74. The fourth-order valence-electron chi connectivity index (χ4n) is 2.09. The summed E-state index contributed by atoms with van der Waals surface area (Å²) >= 11 is 0. The van der Waals surface area contributed by atoms with Crippen molar-refractivity contribution in [3.05, 3.63) is 0 Å². The Kier molecular flexibility index (Phi) is 2.87. The van der Waals surface area contributed by atoms with Crippen LogP contribution in [0.5, 0.6) is 0 Å². The highest BCUT2D eigenvalue weighted by Crippen LogP contribution is 2.14. The van der Waals surface area contributed by atoms with Crippen LogP contribution < -0.4 is 5.32 Å². The molecule has 0 radical (unpaired) electrons. The van der Waals surface area contributed by atoms with Crippen molar-refractivity contribution in [2.24, 2.45) is 5.92 Å². The fourth-order valence-corrected chi connectivity index (χ4v) is 2.09. The summed E-state index contributed by atoms with van der Waals surface area (Å²) in [7, 11) is 0. The van der Waals surface area contributed by atoms with Crippen molar-refractivity contribution in [2.45, 2.75) is 12.6 Å². The Balaban J connectivity index is 1.69. The van der Waals surface area contributed by atoms with Crippen LogP contribution in [-0.4, -0.2) is 44.3 Å². The lowest BCUT2D eigenvalue weighted by Gasteiger charge is -2.35. The van der Waals surface area contributed by atoms with Gasteiger partial charge in [0.05, 0.1) is 0 Å². The maximum atomic E-state index is 8.74. The van der Waals surface area contributed by atoms with E-state index in [2.05, 4.69) is 16.2 Å². The number of hydrogen-bond donors (Lipinski definition) is 1. The van der Waals surface area contributed by atoms with Crippen LogP contribution in [0.25, 0.3) is 0 Å². The number of rotatable bonds is 2. The molecular formula is C9H16BN3. The summed E-state index contributed by atoms with van der Waals surface area (Å²) in [6, 6.07) is 0. The molecule has 2 saturated heterocycles. The van der Waals surface area contributed by atoms with Gasteiger partial charge in [-0.25, -0.2) is 5.26 Å². The van der Waals surface area contributed by atoms with E-state index in [9.17, 15) is 0 Å². The minimum absolute atomic E-state index is 0.329. The van der Waals surface area contributed by atoms with Crippen LogP contribution in [0.3, 0.4) is 0 Å². The van der Waals surface area contributed by atoms with Crippen LogP contribution in [0.1, 0.15) is 0 Å². The second kappa shape index (κ2) is 4.12. The van der Waals surface area contributed by atoms with Gasteiger partial charge in [-0.1, -0.05) is 0 Å².